The number of carbonyl (C=O) groups excluding carboxylic acids is 1. The van der Waals surface area contributed by atoms with Gasteiger partial charge in [-0.1, -0.05) is 0 Å². The van der Waals surface area contributed by atoms with Crippen LogP contribution in [0.2, 0.25) is 0 Å². The highest BCUT2D eigenvalue weighted by molar-refractivity contribution is 6.12. The molecule has 9 heteroatoms. The van der Waals surface area contributed by atoms with Crippen molar-refractivity contribution in [1.29, 1.82) is 0 Å². The second-order valence-electron chi connectivity index (χ2n) is 5.70. The molecule has 0 amide bonds. The fraction of sp³-hybridized carbons (Fsp3) is 0.200. The number of methoxy groups -OCH3 is 3. The molecule has 3 rings (SSSR count). The first-order chi connectivity index (χ1) is 13.9. The number of benzene rings is 2. The topological polar surface area (TPSA) is 75.6 Å². The van der Waals surface area contributed by atoms with Gasteiger partial charge in [-0.25, -0.2) is 9.79 Å². The molecule has 0 atom stereocenters. The molecule has 0 fully saturated rings. The van der Waals surface area contributed by atoms with Gasteiger partial charge in [-0.2, -0.15) is 8.78 Å². The van der Waals surface area contributed by atoms with Gasteiger partial charge < -0.3 is 23.7 Å². The van der Waals surface area contributed by atoms with E-state index in [-0.39, 0.29) is 17.3 Å². The molecule has 152 valence electrons. The van der Waals surface area contributed by atoms with Gasteiger partial charge in [-0.05, 0) is 48.0 Å². The quantitative estimate of drug-likeness (QED) is 0.517. The molecule has 0 N–H and O–H groups in total. The average molecular weight is 405 g/mol. The second-order valence-corrected chi connectivity index (χ2v) is 5.70. The molecule has 0 bridgehead atoms. The van der Waals surface area contributed by atoms with Crippen molar-refractivity contribution >= 4 is 17.9 Å². The van der Waals surface area contributed by atoms with Crippen molar-refractivity contribution < 1.29 is 37.3 Å². The summed E-state index contributed by atoms with van der Waals surface area (Å²) in [6.45, 7) is -2.92. The number of aliphatic imine (C=N–C) groups is 1. The van der Waals surface area contributed by atoms with Crippen molar-refractivity contribution in [3.8, 4) is 23.0 Å². The van der Waals surface area contributed by atoms with Gasteiger partial charge >= 0.3 is 12.6 Å². The van der Waals surface area contributed by atoms with Crippen LogP contribution in [0.25, 0.3) is 6.08 Å². The van der Waals surface area contributed by atoms with E-state index in [0.717, 1.165) is 0 Å². The predicted molar refractivity (Wildman–Crippen MR) is 99.8 cm³/mol. The fourth-order valence-corrected chi connectivity index (χ4v) is 2.65. The van der Waals surface area contributed by atoms with E-state index in [9.17, 15) is 13.6 Å². The molecule has 0 radical (unpaired) electrons. The van der Waals surface area contributed by atoms with Crippen LogP contribution >= 0.6 is 0 Å². The lowest BCUT2D eigenvalue weighted by atomic mass is 10.1. The van der Waals surface area contributed by atoms with Crippen LogP contribution in [0.3, 0.4) is 0 Å². The van der Waals surface area contributed by atoms with Crippen LogP contribution in [0.1, 0.15) is 11.1 Å². The minimum Gasteiger partial charge on any atom is -0.493 e. The Morgan fingerprint density at radius 2 is 1.62 bits per heavy atom. The summed E-state index contributed by atoms with van der Waals surface area (Å²) in [5.41, 5.74) is 1.08. The molecule has 29 heavy (non-hydrogen) atoms. The largest absolute Gasteiger partial charge is 0.493 e. The molecule has 1 heterocycles. The van der Waals surface area contributed by atoms with E-state index in [4.69, 9.17) is 18.9 Å². The highest BCUT2D eigenvalue weighted by Crippen LogP contribution is 2.39. The Kier molecular flexibility index (Phi) is 5.96. The zero-order valence-electron chi connectivity index (χ0n) is 15.8. The van der Waals surface area contributed by atoms with Crippen molar-refractivity contribution in [3.05, 3.63) is 53.2 Å². The maximum atomic E-state index is 12.2. The number of hydrogen-bond donors (Lipinski definition) is 0. The predicted octanol–water partition coefficient (Wildman–Crippen LogP) is 3.66. The molecule has 2 aromatic rings. The number of halogens is 2. The summed E-state index contributed by atoms with van der Waals surface area (Å²) >= 11 is 0. The summed E-state index contributed by atoms with van der Waals surface area (Å²) in [5, 5.41) is 0. The number of cyclic esters (lactones) is 1. The lowest BCUT2D eigenvalue weighted by Gasteiger charge is -2.12. The Morgan fingerprint density at radius 1 is 1.00 bits per heavy atom. The number of alkyl halides is 2. The van der Waals surface area contributed by atoms with Crippen LogP contribution in [0.15, 0.2) is 47.1 Å². The fourth-order valence-electron chi connectivity index (χ4n) is 2.65. The lowest BCUT2D eigenvalue weighted by Crippen LogP contribution is -2.06. The van der Waals surface area contributed by atoms with E-state index in [1.165, 1.54) is 51.7 Å². The number of hydrogen-bond acceptors (Lipinski definition) is 7. The monoisotopic (exact) mass is 405 g/mol. The van der Waals surface area contributed by atoms with Gasteiger partial charge in [0, 0.05) is 5.56 Å². The van der Waals surface area contributed by atoms with Crippen molar-refractivity contribution in [1.82, 2.24) is 0 Å². The smallest absolute Gasteiger partial charge is 0.387 e. The summed E-state index contributed by atoms with van der Waals surface area (Å²) in [4.78, 5) is 16.4. The van der Waals surface area contributed by atoms with Crippen LogP contribution in [0.5, 0.6) is 23.0 Å². The highest BCUT2D eigenvalue weighted by Gasteiger charge is 2.25. The number of ether oxygens (including phenoxy) is 5. The number of esters is 1. The molecule has 2 aromatic carbocycles. The molecule has 1 aliphatic rings. The van der Waals surface area contributed by atoms with Crippen LogP contribution < -0.4 is 18.9 Å². The van der Waals surface area contributed by atoms with Gasteiger partial charge in [-0.15, -0.1) is 0 Å². The normalized spacial score (nSPS) is 14.6. The van der Waals surface area contributed by atoms with E-state index in [2.05, 4.69) is 9.73 Å². The summed E-state index contributed by atoms with van der Waals surface area (Å²) in [7, 11) is 4.45. The van der Waals surface area contributed by atoms with Crippen molar-refractivity contribution in [3.63, 3.8) is 0 Å². The van der Waals surface area contributed by atoms with Crippen LogP contribution in [0.4, 0.5) is 8.78 Å². The van der Waals surface area contributed by atoms with Crippen molar-refractivity contribution in [2.45, 2.75) is 6.61 Å². The third-order valence-corrected chi connectivity index (χ3v) is 3.94. The van der Waals surface area contributed by atoms with Gasteiger partial charge in [0.05, 0.1) is 21.3 Å². The van der Waals surface area contributed by atoms with Crippen LogP contribution in [0, 0.1) is 0 Å². The number of carbonyl (C=O) groups is 1. The Labute approximate surface area is 165 Å². The van der Waals surface area contributed by atoms with Gasteiger partial charge in [0.2, 0.25) is 11.6 Å². The maximum absolute atomic E-state index is 12.2. The van der Waals surface area contributed by atoms with E-state index in [0.29, 0.717) is 28.4 Å². The Morgan fingerprint density at radius 3 is 2.14 bits per heavy atom. The molecule has 1 aliphatic heterocycles. The standard InChI is InChI=1S/C20H17F2NO6/c1-25-15-9-11(10-16(26-2)17(15)27-3)8-14-19(24)29-18(23-14)12-4-6-13(7-5-12)28-20(21)22/h4-10,20H,1-3H3/b14-8-. The number of nitrogens with zero attached hydrogens (tertiary/aromatic N) is 1. The Balaban J connectivity index is 1.90. The first kappa shape index (κ1) is 20.1. The number of rotatable bonds is 7. The van der Waals surface area contributed by atoms with E-state index in [1.807, 2.05) is 0 Å². The molecule has 0 aliphatic carbocycles. The van der Waals surface area contributed by atoms with Gasteiger partial charge in [0.1, 0.15) is 5.75 Å². The van der Waals surface area contributed by atoms with E-state index in [1.54, 1.807) is 12.1 Å². The first-order valence-corrected chi connectivity index (χ1v) is 8.33. The highest BCUT2D eigenvalue weighted by atomic mass is 19.3. The summed E-state index contributed by atoms with van der Waals surface area (Å²) in [6.07, 6.45) is 1.51. The van der Waals surface area contributed by atoms with E-state index >= 15 is 0 Å². The minimum atomic E-state index is -2.92. The molecular weight excluding hydrogens is 388 g/mol. The average Bonchev–Trinajstić information content (AvgIpc) is 3.07. The SMILES string of the molecule is COc1cc(/C=C2\N=C(c3ccc(OC(F)F)cc3)OC2=O)cc(OC)c1OC. The van der Waals surface area contributed by atoms with E-state index < -0.39 is 12.6 Å². The summed E-state index contributed by atoms with van der Waals surface area (Å²) in [5.74, 6) is 0.648. The minimum absolute atomic E-state index is 0.0122. The summed E-state index contributed by atoms with van der Waals surface area (Å²) < 4.78 is 49.8. The second kappa shape index (κ2) is 8.59. The zero-order chi connectivity index (χ0) is 21.0. The van der Waals surface area contributed by atoms with Crippen LogP contribution in [-0.2, 0) is 9.53 Å². The summed E-state index contributed by atoms with van der Waals surface area (Å²) in [6, 6.07) is 8.91. The lowest BCUT2D eigenvalue weighted by molar-refractivity contribution is -0.129. The van der Waals surface area contributed by atoms with Gasteiger partial charge in [0.15, 0.2) is 17.2 Å². The Bertz CT molecular complexity index is 944. The molecular formula is C20H17F2NO6. The third-order valence-electron chi connectivity index (χ3n) is 3.94. The van der Waals surface area contributed by atoms with Crippen molar-refractivity contribution in [2.75, 3.05) is 21.3 Å². The van der Waals surface area contributed by atoms with Gasteiger partial charge in [0.25, 0.3) is 0 Å². The van der Waals surface area contributed by atoms with Crippen molar-refractivity contribution in [2.24, 2.45) is 4.99 Å². The zero-order valence-corrected chi connectivity index (χ0v) is 15.8. The molecule has 0 unspecified atom stereocenters. The Hall–Kier alpha value is -3.62. The first-order valence-electron chi connectivity index (χ1n) is 8.33. The molecule has 0 saturated heterocycles. The molecule has 0 saturated carbocycles. The molecule has 0 aromatic heterocycles. The van der Waals surface area contributed by atoms with Gasteiger partial charge in [-0.3, -0.25) is 0 Å². The third kappa shape index (κ3) is 4.45. The maximum Gasteiger partial charge on any atom is 0.387 e. The molecule has 0 spiro atoms. The molecule has 7 nitrogen and oxygen atoms in total. The van der Waals surface area contributed by atoms with Crippen LogP contribution in [-0.4, -0.2) is 39.8 Å².